The van der Waals surface area contributed by atoms with E-state index in [9.17, 15) is 0 Å². The number of nitrogen functional groups attached to an aromatic ring is 1. The Balaban J connectivity index is 2.51. The molecule has 0 radical (unpaired) electrons. The lowest BCUT2D eigenvalue weighted by Crippen LogP contribution is -1.95. The summed E-state index contributed by atoms with van der Waals surface area (Å²) >= 11 is 0. The molecule has 1 aromatic heterocycles. The van der Waals surface area contributed by atoms with Gasteiger partial charge in [0.15, 0.2) is 0 Å². The molecular formula is C11H13N3. The number of aryl methyl sites for hydroxylation is 2. The van der Waals surface area contributed by atoms with Crippen molar-refractivity contribution in [2.75, 3.05) is 5.73 Å². The Labute approximate surface area is 83.2 Å². The maximum Gasteiger partial charge on any atom is 0.0724 e. The zero-order valence-electron chi connectivity index (χ0n) is 8.36. The number of hydrogen-bond acceptors (Lipinski definition) is 2. The fourth-order valence-electron chi connectivity index (χ4n) is 1.56. The maximum atomic E-state index is 5.61. The Morgan fingerprint density at radius 2 is 1.79 bits per heavy atom. The largest absolute Gasteiger partial charge is 0.396 e. The van der Waals surface area contributed by atoms with Crippen molar-refractivity contribution in [3.63, 3.8) is 0 Å². The molecule has 3 nitrogen and oxygen atoms in total. The Morgan fingerprint density at radius 1 is 1.14 bits per heavy atom. The lowest BCUT2D eigenvalue weighted by atomic mass is 10.1. The molecule has 72 valence electrons. The van der Waals surface area contributed by atoms with Crippen LogP contribution in [0.2, 0.25) is 0 Å². The first-order valence-corrected chi connectivity index (χ1v) is 4.54. The molecule has 3 heteroatoms. The van der Waals surface area contributed by atoms with Crippen molar-refractivity contribution < 1.29 is 0 Å². The number of benzene rings is 1. The van der Waals surface area contributed by atoms with Gasteiger partial charge in [0.05, 0.1) is 23.8 Å². The van der Waals surface area contributed by atoms with Gasteiger partial charge in [-0.05, 0) is 37.1 Å². The number of nitrogens with two attached hydrogens (primary N) is 1. The van der Waals surface area contributed by atoms with Gasteiger partial charge in [-0.25, -0.2) is 4.68 Å². The number of nitrogens with zero attached hydrogens (tertiary/aromatic N) is 2. The van der Waals surface area contributed by atoms with Gasteiger partial charge < -0.3 is 5.73 Å². The molecule has 2 aromatic rings. The summed E-state index contributed by atoms with van der Waals surface area (Å²) in [6.07, 6.45) is 3.46. The zero-order chi connectivity index (χ0) is 10.1. The second kappa shape index (κ2) is 3.18. The van der Waals surface area contributed by atoms with Crippen LogP contribution in [0.25, 0.3) is 5.69 Å². The Bertz CT molecular complexity index is 437. The van der Waals surface area contributed by atoms with E-state index < -0.39 is 0 Å². The molecular weight excluding hydrogens is 174 g/mol. The van der Waals surface area contributed by atoms with Crippen molar-refractivity contribution in [3.8, 4) is 5.69 Å². The third kappa shape index (κ3) is 1.62. The summed E-state index contributed by atoms with van der Waals surface area (Å²) in [4.78, 5) is 0. The van der Waals surface area contributed by atoms with E-state index >= 15 is 0 Å². The van der Waals surface area contributed by atoms with Gasteiger partial charge in [-0.3, -0.25) is 0 Å². The number of rotatable bonds is 1. The van der Waals surface area contributed by atoms with Gasteiger partial charge in [-0.15, -0.1) is 0 Å². The normalized spacial score (nSPS) is 10.4. The van der Waals surface area contributed by atoms with Gasteiger partial charge in [0.1, 0.15) is 0 Å². The van der Waals surface area contributed by atoms with Crippen molar-refractivity contribution >= 4 is 5.69 Å². The lowest BCUT2D eigenvalue weighted by Gasteiger charge is -2.04. The van der Waals surface area contributed by atoms with Crippen molar-refractivity contribution in [2.45, 2.75) is 13.8 Å². The highest BCUT2D eigenvalue weighted by molar-refractivity contribution is 5.42. The van der Waals surface area contributed by atoms with Crippen LogP contribution in [0.1, 0.15) is 11.1 Å². The molecule has 1 heterocycles. The monoisotopic (exact) mass is 187 g/mol. The maximum absolute atomic E-state index is 5.61. The van der Waals surface area contributed by atoms with E-state index in [0.29, 0.717) is 5.69 Å². The first kappa shape index (κ1) is 8.81. The molecule has 0 atom stereocenters. The summed E-state index contributed by atoms with van der Waals surface area (Å²) in [6, 6.07) is 6.30. The fourth-order valence-corrected chi connectivity index (χ4v) is 1.56. The van der Waals surface area contributed by atoms with E-state index in [2.05, 4.69) is 37.1 Å². The average molecular weight is 187 g/mol. The smallest absolute Gasteiger partial charge is 0.0724 e. The molecule has 14 heavy (non-hydrogen) atoms. The first-order chi connectivity index (χ1) is 6.65. The molecule has 2 N–H and O–H groups in total. The van der Waals surface area contributed by atoms with Crippen molar-refractivity contribution in [2.24, 2.45) is 0 Å². The third-order valence-corrected chi connectivity index (χ3v) is 2.07. The molecule has 1 aromatic carbocycles. The van der Waals surface area contributed by atoms with E-state index in [0.717, 1.165) is 5.69 Å². The summed E-state index contributed by atoms with van der Waals surface area (Å²) in [5, 5.41) is 4.16. The van der Waals surface area contributed by atoms with Gasteiger partial charge in [0.25, 0.3) is 0 Å². The summed E-state index contributed by atoms with van der Waals surface area (Å²) in [7, 11) is 0. The quantitative estimate of drug-likeness (QED) is 0.742. The molecule has 0 bridgehead atoms. The minimum Gasteiger partial charge on any atom is -0.396 e. The first-order valence-electron chi connectivity index (χ1n) is 4.54. The second-order valence-electron chi connectivity index (χ2n) is 3.56. The Hall–Kier alpha value is -1.77. The molecule has 0 aliphatic heterocycles. The minimum absolute atomic E-state index is 0.684. The topological polar surface area (TPSA) is 43.8 Å². The number of anilines is 1. The van der Waals surface area contributed by atoms with Crippen molar-refractivity contribution in [1.82, 2.24) is 9.78 Å². The summed E-state index contributed by atoms with van der Waals surface area (Å²) < 4.78 is 1.79. The number of hydrogen-bond donors (Lipinski definition) is 1. The Morgan fingerprint density at radius 3 is 2.29 bits per heavy atom. The summed E-state index contributed by atoms with van der Waals surface area (Å²) in [6.45, 7) is 4.15. The molecule has 0 saturated heterocycles. The van der Waals surface area contributed by atoms with E-state index in [1.54, 1.807) is 10.9 Å². The van der Waals surface area contributed by atoms with Gasteiger partial charge in [0, 0.05) is 0 Å². The Kier molecular flexibility index (Phi) is 2.00. The minimum atomic E-state index is 0.684. The third-order valence-electron chi connectivity index (χ3n) is 2.07. The van der Waals surface area contributed by atoms with E-state index in [-0.39, 0.29) is 0 Å². The van der Waals surface area contributed by atoms with Gasteiger partial charge >= 0.3 is 0 Å². The van der Waals surface area contributed by atoms with Crippen LogP contribution in [-0.2, 0) is 0 Å². The lowest BCUT2D eigenvalue weighted by molar-refractivity contribution is 0.878. The highest BCUT2D eigenvalue weighted by Gasteiger charge is 1.99. The highest BCUT2D eigenvalue weighted by atomic mass is 15.3. The summed E-state index contributed by atoms with van der Waals surface area (Å²) in [5.74, 6) is 0. The SMILES string of the molecule is Cc1cc(C)cc(-n2cc(N)cn2)c1. The number of aromatic nitrogens is 2. The van der Waals surface area contributed by atoms with Gasteiger partial charge in [-0.2, -0.15) is 5.10 Å². The van der Waals surface area contributed by atoms with Crippen LogP contribution in [0.4, 0.5) is 5.69 Å². The average Bonchev–Trinajstić information content (AvgIpc) is 2.50. The predicted octanol–water partition coefficient (Wildman–Crippen LogP) is 2.07. The van der Waals surface area contributed by atoms with Crippen LogP contribution in [0.5, 0.6) is 0 Å². The van der Waals surface area contributed by atoms with Crippen LogP contribution in [0, 0.1) is 13.8 Å². The van der Waals surface area contributed by atoms with Crippen LogP contribution in [0.15, 0.2) is 30.6 Å². The summed E-state index contributed by atoms with van der Waals surface area (Å²) in [5.41, 5.74) is 9.81. The van der Waals surface area contributed by atoms with Crippen LogP contribution >= 0.6 is 0 Å². The molecule has 0 fully saturated rings. The fraction of sp³-hybridized carbons (Fsp3) is 0.182. The van der Waals surface area contributed by atoms with Crippen LogP contribution < -0.4 is 5.73 Å². The molecule has 0 aliphatic rings. The predicted molar refractivity (Wildman–Crippen MR) is 57.5 cm³/mol. The molecule has 0 amide bonds. The zero-order valence-corrected chi connectivity index (χ0v) is 8.36. The van der Waals surface area contributed by atoms with E-state index in [4.69, 9.17) is 5.73 Å². The molecule has 0 unspecified atom stereocenters. The van der Waals surface area contributed by atoms with Crippen LogP contribution in [-0.4, -0.2) is 9.78 Å². The molecule has 0 spiro atoms. The van der Waals surface area contributed by atoms with Crippen molar-refractivity contribution in [3.05, 3.63) is 41.7 Å². The van der Waals surface area contributed by atoms with Gasteiger partial charge in [-0.1, -0.05) is 6.07 Å². The second-order valence-corrected chi connectivity index (χ2v) is 3.56. The van der Waals surface area contributed by atoms with E-state index in [1.807, 2.05) is 6.20 Å². The van der Waals surface area contributed by atoms with E-state index in [1.165, 1.54) is 11.1 Å². The van der Waals surface area contributed by atoms with Crippen LogP contribution in [0.3, 0.4) is 0 Å². The molecule has 0 saturated carbocycles. The standard InChI is InChI=1S/C11H13N3/c1-8-3-9(2)5-11(4-8)14-7-10(12)6-13-14/h3-7H,12H2,1-2H3. The van der Waals surface area contributed by atoms with Crippen molar-refractivity contribution in [1.29, 1.82) is 0 Å². The van der Waals surface area contributed by atoms with Gasteiger partial charge in [0.2, 0.25) is 0 Å². The molecule has 2 rings (SSSR count). The molecule has 0 aliphatic carbocycles. The highest BCUT2D eigenvalue weighted by Crippen LogP contribution is 2.13.